The molecule has 0 saturated carbocycles. The Hall–Kier alpha value is -0.840. The van der Waals surface area contributed by atoms with Crippen LogP contribution in [-0.2, 0) is 18.3 Å². The number of aliphatic hydroxyl groups excluding tert-OH is 1. The van der Waals surface area contributed by atoms with Gasteiger partial charge in [-0.05, 0) is 18.6 Å². The van der Waals surface area contributed by atoms with Gasteiger partial charge in [0.2, 0.25) is 0 Å². The van der Waals surface area contributed by atoms with Crippen molar-refractivity contribution in [2.24, 2.45) is 7.05 Å². The standard InChI is InChI=1S/C14H26N2O2/c1-4-6-14(17)12-16(9-10-18-3)11-13-7-5-8-15(13)2/h5,7-8,14,17H,4,6,9-12H2,1-3H3. The number of methoxy groups -OCH3 is 1. The third kappa shape index (κ3) is 5.21. The third-order valence-corrected chi connectivity index (χ3v) is 3.14. The second kappa shape index (κ2) is 8.29. The van der Waals surface area contributed by atoms with Crippen LogP contribution in [0, 0.1) is 0 Å². The number of hydrogen-bond acceptors (Lipinski definition) is 3. The Morgan fingerprint density at radius 2 is 2.28 bits per heavy atom. The number of rotatable bonds is 9. The van der Waals surface area contributed by atoms with E-state index in [0.29, 0.717) is 13.2 Å². The molecule has 1 atom stereocenters. The van der Waals surface area contributed by atoms with Gasteiger partial charge in [0.15, 0.2) is 0 Å². The van der Waals surface area contributed by atoms with Gasteiger partial charge in [0.25, 0.3) is 0 Å². The van der Waals surface area contributed by atoms with Crippen LogP contribution in [0.3, 0.4) is 0 Å². The molecule has 0 radical (unpaired) electrons. The van der Waals surface area contributed by atoms with Crippen molar-refractivity contribution in [3.63, 3.8) is 0 Å². The summed E-state index contributed by atoms with van der Waals surface area (Å²) in [4.78, 5) is 2.25. The molecular weight excluding hydrogens is 228 g/mol. The first-order chi connectivity index (χ1) is 8.67. The van der Waals surface area contributed by atoms with Crippen molar-refractivity contribution in [2.75, 3.05) is 26.8 Å². The Kier molecular flexibility index (Phi) is 7.01. The van der Waals surface area contributed by atoms with Crippen LogP contribution in [0.4, 0.5) is 0 Å². The van der Waals surface area contributed by atoms with E-state index in [1.165, 1.54) is 5.69 Å². The maximum Gasteiger partial charge on any atom is 0.0667 e. The molecule has 0 bridgehead atoms. The van der Waals surface area contributed by atoms with Crippen molar-refractivity contribution >= 4 is 0 Å². The molecule has 0 saturated heterocycles. The van der Waals surface area contributed by atoms with Crippen molar-refractivity contribution in [1.82, 2.24) is 9.47 Å². The number of nitrogens with zero attached hydrogens (tertiary/aromatic N) is 2. The van der Waals surface area contributed by atoms with Gasteiger partial charge in [-0.25, -0.2) is 0 Å². The van der Waals surface area contributed by atoms with Gasteiger partial charge in [0.05, 0.1) is 12.7 Å². The molecule has 0 aliphatic carbocycles. The van der Waals surface area contributed by atoms with E-state index < -0.39 is 0 Å². The Morgan fingerprint density at radius 1 is 1.50 bits per heavy atom. The molecule has 0 fully saturated rings. The zero-order chi connectivity index (χ0) is 13.4. The molecular formula is C14H26N2O2. The fourth-order valence-corrected chi connectivity index (χ4v) is 2.07. The minimum absolute atomic E-state index is 0.243. The maximum absolute atomic E-state index is 9.93. The lowest BCUT2D eigenvalue weighted by Gasteiger charge is -2.25. The molecule has 1 aromatic heterocycles. The predicted molar refractivity (Wildman–Crippen MR) is 73.5 cm³/mol. The molecule has 0 amide bonds. The van der Waals surface area contributed by atoms with E-state index in [4.69, 9.17) is 4.74 Å². The van der Waals surface area contributed by atoms with E-state index >= 15 is 0 Å². The Labute approximate surface area is 110 Å². The van der Waals surface area contributed by atoms with Gasteiger partial charge in [-0.1, -0.05) is 13.3 Å². The normalized spacial score (nSPS) is 13.2. The lowest BCUT2D eigenvalue weighted by atomic mass is 10.2. The van der Waals surface area contributed by atoms with E-state index in [-0.39, 0.29) is 6.10 Å². The average Bonchev–Trinajstić information content (AvgIpc) is 2.72. The molecule has 0 aliphatic rings. The smallest absolute Gasteiger partial charge is 0.0667 e. The van der Waals surface area contributed by atoms with E-state index in [1.54, 1.807) is 7.11 Å². The number of aryl methyl sites for hydroxylation is 1. The summed E-state index contributed by atoms with van der Waals surface area (Å²) in [5, 5.41) is 9.93. The van der Waals surface area contributed by atoms with Crippen LogP contribution >= 0.6 is 0 Å². The van der Waals surface area contributed by atoms with Gasteiger partial charge in [-0.3, -0.25) is 4.90 Å². The fourth-order valence-electron chi connectivity index (χ4n) is 2.07. The Morgan fingerprint density at radius 3 is 2.83 bits per heavy atom. The second-order valence-corrected chi connectivity index (χ2v) is 4.78. The van der Waals surface area contributed by atoms with Gasteiger partial charge < -0.3 is 14.4 Å². The summed E-state index contributed by atoms with van der Waals surface area (Å²) in [5.74, 6) is 0. The van der Waals surface area contributed by atoms with Crippen molar-refractivity contribution in [1.29, 1.82) is 0 Å². The maximum atomic E-state index is 9.93. The first kappa shape index (κ1) is 15.2. The summed E-state index contributed by atoms with van der Waals surface area (Å²) >= 11 is 0. The Bertz CT molecular complexity index is 325. The molecule has 0 aromatic carbocycles. The summed E-state index contributed by atoms with van der Waals surface area (Å²) in [6, 6.07) is 4.16. The third-order valence-electron chi connectivity index (χ3n) is 3.14. The molecule has 4 nitrogen and oxygen atoms in total. The van der Waals surface area contributed by atoms with Crippen LogP contribution in [-0.4, -0.2) is 47.5 Å². The molecule has 1 rings (SSSR count). The molecule has 1 heterocycles. The van der Waals surface area contributed by atoms with E-state index in [0.717, 1.165) is 25.9 Å². The number of hydrogen-bond donors (Lipinski definition) is 1. The first-order valence-electron chi connectivity index (χ1n) is 6.67. The molecule has 0 spiro atoms. The highest BCUT2D eigenvalue weighted by atomic mass is 16.5. The number of aromatic nitrogens is 1. The average molecular weight is 254 g/mol. The summed E-state index contributed by atoms with van der Waals surface area (Å²) in [7, 11) is 3.76. The predicted octanol–water partition coefficient (Wildman–Crippen LogP) is 1.63. The van der Waals surface area contributed by atoms with Crippen LogP contribution in [0.1, 0.15) is 25.5 Å². The minimum atomic E-state index is -0.243. The van der Waals surface area contributed by atoms with Crippen LogP contribution in [0.2, 0.25) is 0 Å². The number of aliphatic hydroxyl groups is 1. The van der Waals surface area contributed by atoms with Gasteiger partial charge in [0, 0.05) is 45.7 Å². The highest BCUT2D eigenvalue weighted by Gasteiger charge is 2.12. The van der Waals surface area contributed by atoms with Gasteiger partial charge in [-0.15, -0.1) is 0 Å². The molecule has 4 heteroatoms. The first-order valence-corrected chi connectivity index (χ1v) is 6.67. The van der Waals surface area contributed by atoms with E-state index in [1.807, 2.05) is 19.3 Å². The molecule has 104 valence electrons. The molecule has 18 heavy (non-hydrogen) atoms. The molecule has 1 unspecified atom stereocenters. The van der Waals surface area contributed by atoms with Crippen LogP contribution in [0.25, 0.3) is 0 Å². The molecule has 1 N–H and O–H groups in total. The highest BCUT2D eigenvalue weighted by Crippen LogP contribution is 2.07. The van der Waals surface area contributed by atoms with Crippen LogP contribution in [0.5, 0.6) is 0 Å². The lowest BCUT2D eigenvalue weighted by molar-refractivity contribution is 0.0789. The molecule has 0 aliphatic heterocycles. The summed E-state index contributed by atoms with van der Waals surface area (Å²) in [6.45, 7) is 5.21. The van der Waals surface area contributed by atoms with Crippen molar-refractivity contribution in [3.05, 3.63) is 24.0 Å². The summed E-state index contributed by atoms with van der Waals surface area (Å²) in [6.07, 6.45) is 3.68. The zero-order valence-corrected chi connectivity index (χ0v) is 11.8. The second-order valence-electron chi connectivity index (χ2n) is 4.78. The zero-order valence-electron chi connectivity index (χ0n) is 11.8. The monoisotopic (exact) mass is 254 g/mol. The van der Waals surface area contributed by atoms with Gasteiger partial charge in [0.1, 0.15) is 0 Å². The van der Waals surface area contributed by atoms with Crippen molar-refractivity contribution < 1.29 is 9.84 Å². The van der Waals surface area contributed by atoms with E-state index in [9.17, 15) is 5.11 Å². The largest absolute Gasteiger partial charge is 0.392 e. The topological polar surface area (TPSA) is 37.6 Å². The fraction of sp³-hybridized carbons (Fsp3) is 0.714. The minimum Gasteiger partial charge on any atom is -0.392 e. The number of ether oxygens (including phenoxy) is 1. The van der Waals surface area contributed by atoms with Gasteiger partial charge >= 0.3 is 0 Å². The lowest BCUT2D eigenvalue weighted by Crippen LogP contribution is -2.35. The van der Waals surface area contributed by atoms with Crippen molar-refractivity contribution in [3.8, 4) is 0 Å². The summed E-state index contributed by atoms with van der Waals surface area (Å²) in [5.41, 5.74) is 1.26. The quantitative estimate of drug-likeness (QED) is 0.728. The Balaban J connectivity index is 2.52. The highest BCUT2D eigenvalue weighted by molar-refractivity contribution is 5.06. The van der Waals surface area contributed by atoms with Crippen LogP contribution < -0.4 is 0 Å². The van der Waals surface area contributed by atoms with Crippen LogP contribution in [0.15, 0.2) is 18.3 Å². The molecule has 1 aromatic rings. The van der Waals surface area contributed by atoms with Crippen molar-refractivity contribution in [2.45, 2.75) is 32.4 Å². The van der Waals surface area contributed by atoms with Gasteiger partial charge in [-0.2, -0.15) is 0 Å². The van der Waals surface area contributed by atoms with E-state index in [2.05, 4.69) is 22.5 Å². The summed E-state index contributed by atoms with van der Waals surface area (Å²) < 4.78 is 7.25. The SMILES string of the molecule is CCCC(O)CN(CCOC)Cc1cccn1C.